The summed E-state index contributed by atoms with van der Waals surface area (Å²) in [4.78, 5) is 6.75. The molecule has 0 saturated heterocycles. The molecule has 0 aliphatic carbocycles. The fraction of sp³-hybridized carbons (Fsp3) is 0.0870. The third-order valence-electron chi connectivity index (χ3n) is 3.89. The zero-order valence-electron chi connectivity index (χ0n) is 14.6. The van der Waals surface area contributed by atoms with E-state index in [4.69, 9.17) is 0 Å². The van der Waals surface area contributed by atoms with Crippen LogP contribution in [0.25, 0.3) is 10.9 Å². The summed E-state index contributed by atoms with van der Waals surface area (Å²) in [5, 5.41) is 1.14. The first kappa shape index (κ1) is 16.7. The minimum absolute atomic E-state index is 1.00. The molecule has 0 aliphatic rings. The second kappa shape index (κ2) is 8.11. The quantitative estimate of drug-likeness (QED) is 0.415. The predicted octanol–water partition coefficient (Wildman–Crippen LogP) is 6.73. The molecule has 0 N–H and O–H groups in total. The van der Waals surface area contributed by atoms with Crippen LogP contribution in [-0.2, 0) is 0 Å². The molecule has 0 aliphatic heterocycles. The fourth-order valence-corrected chi connectivity index (χ4v) is 2.86. The maximum atomic E-state index is 4.48. The third-order valence-corrected chi connectivity index (χ3v) is 3.89. The lowest BCUT2D eigenvalue weighted by molar-refractivity contribution is 1.29. The number of para-hydroxylation sites is 2. The Hall–Kier alpha value is -3.13. The average molecular weight is 326 g/mol. The van der Waals surface area contributed by atoms with Gasteiger partial charge in [0, 0.05) is 23.0 Å². The molecule has 0 saturated carbocycles. The molecule has 25 heavy (non-hydrogen) atoms. The second-order valence-electron chi connectivity index (χ2n) is 5.35. The molecule has 4 rings (SSSR count). The Labute approximate surface area is 149 Å². The first-order valence-corrected chi connectivity index (χ1v) is 8.67. The minimum Gasteiger partial charge on any atom is -0.310 e. The molecule has 0 radical (unpaired) electrons. The maximum Gasteiger partial charge on any atom is 0.0723 e. The maximum absolute atomic E-state index is 4.48. The van der Waals surface area contributed by atoms with Crippen molar-refractivity contribution in [3.05, 3.63) is 97.2 Å². The lowest BCUT2D eigenvalue weighted by Gasteiger charge is -2.26. The molecule has 1 heterocycles. The summed E-state index contributed by atoms with van der Waals surface area (Å²) in [5.41, 5.74) is 4.40. The molecule has 2 heteroatoms. The van der Waals surface area contributed by atoms with Crippen molar-refractivity contribution in [3.63, 3.8) is 0 Å². The fourth-order valence-electron chi connectivity index (χ4n) is 2.86. The summed E-state index contributed by atoms with van der Waals surface area (Å²) in [6.45, 7) is 4.00. The molecule has 0 atom stereocenters. The topological polar surface area (TPSA) is 16.1 Å². The van der Waals surface area contributed by atoms with Crippen LogP contribution in [0.2, 0.25) is 0 Å². The Balaban J connectivity index is 0.000000880. The summed E-state index contributed by atoms with van der Waals surface area (Å²) >= 11 is 0. The van der Waals surface area contributed by atoms with E-state index in [9.17, 15) is 0 Å². The number of nitrogens with zero attached hydrogens (tertiary/aromatic N) is 2. The summed E-state index contributed by atoms with van der Waals surface area (Å²) in [5.74, 6) is 0. The highest BCUT2D eigenvalue weighted by molar-refractivity contribution is 5.96. The van der Waals surface area contributed by atoms with Gasteiger partial charge in [-0.2, -0.15) is 0 Å². The van der Waals surface area contributed by atoms with Crippen LogP contribution in [-0.4, -0.2) is 4.98 Å². The second-order valence-corrected chi connectivity index (χ2v) is 5.35. The lowest BCUT2D eigenvalue weighted by atomic mass is 10.1. The highest BCUT2D eigenvalue weighted by Crippen LogP contribution is 2.37. The van der Waals surface area contributed by atoms with Crippen molar-refractivity contribution in [2.45, 2.75) is 13.8 Å². The van der Waals surface area contributed by atoms with Gasteiger partial charge in [-0.1, -0.05) is 56.3 Å². The van der Waals surface area contributed by atoms with E-state index in [-0.39, 0.29) is 0 Å². The molecule has 124 valence electrons. The Kier molecular flexibility index (Phi) is 5.43. The highest BCUT2D eigenvalue weighted by atomic mass is 15.1. The van der Waals surface area contributed by atoms with Gasteiger partial charge < -0.3 is 4.90 Å². The number of benzene rings is 3. The summed E-state index contributed by atoms with van der Waals surface area (Å²) in [6, 6.07) is 31.2. The van der Waals surface area contributed by atoms with E-state index in [1.165, 1.54) is 0 Å². The molecular weight excluding hydrogens is 304 g/mol. The normalized spacial score (nSPS) is 10.0. The predicted molar refractivity (Wildman–Crippen MR) is 108 cm³/mol. The van der Waals surface area contributed by atoms with Gasteiger partial charge in [0.1, 0.15) is 0 Å². The number of aromatic nitrogens is 1. The molecule has 1 aromatic heterocycles. The van der Waals surface area contributed by atoms with E-state index in [1.54, 1.807) is 0 Å². The van der Waals surface area contributed by atoms with E-state index in [0.717, 1.165) is 28.0 Å². The first-order valence-electron chi connectivity index (χ1n) is 8.67. The molecule has 0 bridgehead atoms. The average Bonchev–Trinajstić information content (AvgIpc) is 2.72. The first-order chi connectivity index (χ1) is 12.4. The van der Waals surface area contributed by atoms with Crippen LogP contribution in [0.5, 0.6) is 0 Å². The van der Waals surface area contributed by atoms with Crippen LogP contribution in [0, 0.1) is 0 Å². The smallest absolute Gasteiger partial charge is 0.0723 e. The summed E-state index contributed by atoms with van der Waals surface area (Å²) in [6.07, 6.45) is 1.83. The van der Waals surface area contributed by atoms with Gasteiger partial charge in [-0.15, -0.1) is 0 Å². The minimum atomic E-state index is 1.00. The van der Waals surface area contributed by atoms with Crippen LogP contribution in [0.4, 0.5) is 17.1 Å². The van der Waals surface area contributed by atoms with Gasteiger partial charge in [-0.25, -0.2) is 0 Å². The number of hydrogen-bond acceptors (Lipinski definition) is 2. The van der Waals surface area contributed by atoms with Gasteiger partial charge in [0.25, 0.3) is 0 Å². The van der Waals surface area contributed by atoms with Crippen molar-refractivity contribution < 1.29 is 0 Å². The highest BCUT2D eigenvalue weighted by Gasteiger charge is 2.14. The van der Waals surface area contributed by atoms with Crippen LogP contribution >= 0.6 is 0 Å². The molecule has 2 nitrogen and oxygen atoms in total. The van der Waals surface area contributed by atoms with E-state index in [0.29, 0.717) is 0 Å². The third kappa shape index (κ3) is 3.53. The zero-order chi connectivity index (χ0) is 17.5. The summed E-state index contributed by atoms with van der Waals surface area (Å²) < 4.78 is 0. The van der Waals surface area contributed by atoms with Crippen LogP contribution in [0.15, 0.2) is 97.2 Å². The van der Waals surface area contributed by atoms with Crippen molar-refractivity contribution in [1.29, 1.82) is 0 Å². The molecule has 0 unspecified atom stereocenters. The van der Waals surface area contributed by atoms with Crippen LogP contribution in [0.3, 0.4) is 0 Å². The SMILES string of the molecule is CC.c1ccc(N(c2ccccc2)c2cccc3ncccc23)cc1. The number of fused-ring (bicyclic) bond motifs is 1. The number of anilines is 3. The zero-order valence-corrected chi connectivity index (χ0v) is 14.6. The molecule has 0 amide bonds. The summed E-state index contributed by atoms with van der Waals surface area (Å²) in [7, 11) is 0. The standard InChI is InChI=1S/C21H16N2.C2H6/c1-3-9-17(10-4-1)23(18-11-5-2-6-12-18)21-15-7-14-20-19(21)13-8-16-22-20;1-2/h1-16H;1-2H3. The van der Waals surface area contributed by atoms with E-state index in [1.807, 2.05) is 44.3 Å². The molecule has 3 aromatic carbocycles. The molecule has 0 fully saturated rings. The largest absolute Gasteiger partial charge is 0.310 e. The van der Waals surface area contributed by atoms with Crippen LogP contribution < -0.4 is 4.90 Å². The van der Waals surface area contributed by atoms with Crippen molar-refractivity contribution in [2.24, 2.45) is 0 Å². The monoisotopic (exact) mass is 326 g/mol. The number of hydrogen-bond donors (Lipinski definition) is 0. The Morgan fingerprint density at radius 3 is 1.80 bits per heavy atom. The van der Waals surface area contributed by atoms with Crippen LogP contribution in [0.1, 0.15) is 13.8 Å². The van der Waals surface area contributed by atoms with Crippen molar-refractivity contribution >= 4 is 28.0 Å². The molecule has 0 spiro atoms. The van der Waals surface area contributed by atoms with Gasteiger partial charge in [-0.05, 0) is 48.5 Å². The van der Waals surface area contributed by atoms with E-state index >= 15 is 0 Å². The lowest BCUT2D eigenvalue weighted by Crippen LogP contribution is -2.10. The van der Waals surface area contributed by atoms with Crippen molar-refractivity contribution in [3.8, 4) is 0 Å². The van der Waals surface area contributed by atoms with Crippen molar-refractivity contribution in [2.75, 3.05) is 4.90 Å². The van der Waals surface area contributed by atoms with E-state index in [2.05, 4.69) is 76.6 Å². The number of pyridine rings is 1. The Bertz CT molecular complexity index is 873. The van der Waals surface area contributed by atoms with Gasteiger partial charge in [0.2, 0.25) is 0 Å². The number of rotatable bonds is 3. The Morgan fingerprint density at radius 1 is 0.600 bits per heavy atom. The van der Waals surface area contributed by atoms with Gasteiger partial charge in [-0.3, -0.25) is 4.98 Å². The Morgan fingerprint density at radius 2 is 1.20 bits per heavy atom. The van der Waals surface area contributed by atoms with Gasteiger partial charge in [0.05, 0.1) is 11.2 Å². The molecular formula is C23H22N2. The van der Waals surface area contributed by atoms with E-state index < -0.39 is 0 Å². The van der Waals surface area contributed by atoms with Gasteiger partial charge >= 0.3 is 0 Å². The van der Waals surface area contributed by atoms with Gasteiger partial charge in [0.15, 0.2) is 0 Å². The molecule has 4 aromatic rings. The van der Waals surface area contributed by atoms with Crippen molar-refractivity contribution in [1.82, 2.24) is 4.98 Å².